The van der Waals surface area contributed by atoms with Crippen LogP contribution in [0.4, 0.5) is 0 Å². The van der Waals surface area contributed by atoms with Gasteiger partial charge in [-0.05, 0) is 50.2 Å². The van der Waals surface area contributed by atoms with Crippen LogP contribution < -0.4 is 5.73 Å². The van der Waals surface area contributed by atoms with Gasteiger partial charge < -0.3 is 15.7 Å². The molecule has 1 fully saturated rings. The Bertz CT molecular complexity index is 412. The Hall–Kier alpha value is -0.460. The molecule has 0 spiro atoms. The number of hydrogen-bond acceptors (Lipinski definition) is 4. The molecule has 1 aromatic carbocycles. The zero-order valence-corrected chi connectivity index (χ0v) is 14.1. The van der Waals surface area contributed by atoms with E-state index in [0.717, 1.165) is 50.2 Å². The number of β-amino-alcohol motifs (C(OH)–C–C–N with tert-alkyl or cyclic N) is 1. The predicted molar refractivity (Wildman–Crippen MR) is 90.3 cm³/mol. The highest BCUT2D eigenvalue weighted by Crippen LogP contribution is 2.18. The number of aliphatic hydroxyl groups excluding tert-OH is 1. The van der Waals surface area contributed by atoms with Gasteiger partial charge in [0.15, 0.2) is 0 Å². The summed E-state index contributed by atoms with van der Waals surface area (Å²) in [5.41, 5.74) is 7.49. The molecular formula is C16H26BrN3O. The van der Waals surface area contributed by atoms with Crippen molar-refractivity contribution >= 4 is 15.9 Å². The molecule has 0 amide bonds. The Balaban J connectivity index is 1.76. The van der Waals surface area contributed by atoms with Crippen molar-refractivity contribution in [2.45, 2.75) is 18.9 Å². The zero-order valence-electron chi connectivity index (χ0n) is 12.5. The van der Waals surface area contributed by atoms with Crippen molar-refractivity contribution in [3.63, 3.8) is 0 Å². The number of hydrogen-bond donors (Lipinski definition) is 2. The number of rotatable bonds is 6. The highest BCUT2D eigenvalue weighted by molar-refractivity contribution is 9.10. The topological polar surface area (TPSA) is 52.7 Å². The molecule has 0 saturated carbocycles. The van der Waals surface area contributed by atoms with E-state index in [9.17, 15) is 0 Å². The maximum atomic E-state index is 9.02. The first-order valence-corrected chi connectivity index (χ1v) is 8.55. The fourth-order valence-corrected chi connectivity index (χ4v) is 3.08. The summed E-state index contributed by atoms with van der Waals surface area (Å²) >= 11 is 3.45. The second-order valence-corrected chi connectivity index (χ2v) is 6.62. The zero-order chi connectivity index (χ0) is 15.1. The van der Waals surface area contributed by atoms with Crippen LogP contribution >= 0.6 is 15.9 Å². The molecule has 0 bridgehead atoms. The van der Waals surface area contributed by atoms with Crippen molar-refractivity contribution in [1.29, 1.82) is 0 Å². The van der Waals surface area contributed by atoms with E-state index < -0.39 is 0 Å². The summed E-state index contributed by atoms with van der Waals surface area (Å²) in [7, 11) is 0. The van der Waals surface area contributed by atoms with Gasteiger partial charge in [-0.3, -0.25) is 4.90 Å². The molecule has 1 aromatic rings. The summed E-state index contributed by atoms with van der Waals surface area (Å²) in [5, 5.41) is 9.02. The summed E-state index contributed by atoms with van der Waals surface area (Å²) in [6, 6.07) is 8.40. The summed E-state index contributed by atoms with van der Waals surface area (Å²) in [6.07, 6.45) is 2.16. The molecule has 0 aromatic heterocycles. The molecule has 1 aliphatic rings. The van der Waals surface area contributed by atoms with E-state index in [1.165, 1.54) is 12.0 Å². The van der Waals surface area contributed by atoms with Crippen LogP contribution in [0.1, 0.15) is 24.4 Å². The van der Waals surface area contributed by atoms with Crippen LogP contribution in [0.25, 0.3) is 0 Å². The van der Waals surface area contributed by atoms with Crippen LogP contribution in [-0.4, -0.2) is 60.8 Å². The van der Waals surface area contributed by atoms with Gasteiger partial charge in [-0.25, -0.2) is 0 Å². The molecule has 21 heavy (non-hydrogen) atoms. The third-order valence-corrected chi connectivity index (χ3v) is 4.68. The summed E-state index contributed by atoms with van der Waals surface area (Å²) < 4.78 is 1.09. The van der Waals surface area contributed by atoms with Crippen molar-refractivity contribution in [2.75, 3.05) is 45.9 Å². The molecule has 0 aliphatic carbocycles. The molecule has 1 saturated heterocycles. The lowest BCUT2D eigenvalue weighted by molar-refractivity contribution is 0.196. The SMILES string of the molecule is NC(CCN1CCCN(CCO)CC1)c1ccc(Br)cc1. The van der Waals surface area contributed by atoms with Crippen LogP contribution in [0.15, 0.2) is 28.7 Å². The first kappa shape index (κ1) is 16.9. The number of nitrogens with zero attached hydrogens (tertiary/aromatic N) is 2. The smallest absolute Gasteiger partial charge is 0.0558 e. The van der Waals surface area contributed by atoms with Gasteiger partial charge in [-0.1, -0.05) is 28.1 Å². The minimum absolute atomic E-state index is 0.106. The first-order chi connectivity index (χ1) is 10.2. The van der Waals surface area contributed by atoms with E-state index in [4.69, 9.17) is 10.8 Å². The van der Waals surface area contributed by atoms with Gasteiger partial charge in [0, 0.05) is 30.1 Å². The Morgan fingerprint density at radius 3 is 2.29 bits per heavy atom. The van der Waals surface area contributed by atoms with E-state index in [-0.39, 0.29) is 12.6 Å². The molecule has 1 atom stereocenters. The van der Waals surface area contributed by atoms with E-state index in [1.54, 1.807) is 0 Å². The second-order valence-electron chi connectivity index (χ2n) is 5.71. The van der Waals surface area contributed by atoms with Crippen molar-refractivity contribution in [3.8, 4) is 0 Å². The average molecular weight is 356 g/mol. The number of halogens is 1. The third kappa shape index (κ3) is 5.68. The fourth-order valence-electron chi connectivity index (χ4n) is 2.81. The van der Waals surface area contributed by atoms with E-state index in [0.29, 0.717) is 0 Å². The van der Waals surface area contributed by atoms with Gasteiger partial charge in [-0.2, -0.15) is 0 Å². The van der Waals surface area contributed by atoms with Gasteiger partial charge in [-0.15, -0.1) is 0 Å². The van der Waals surface area contributed by atoms with Crippen LogP contribution in [0.5, 0.6) is 0 Å². The van der Waals surface area contributed by atoms with Crippen LogP contribution in [0.3, 0.4) is 0 Å². The monoisotopic (exact) mass is 355 g/mol. The third-order valence-electron chi connectivity index (χ3n) is 4.15. The van der Waals surface area contributed by atoms with Gasteiger partial charge in [0.1, 0.15) is 0 Å². The molecule has 0 radical (unpaired) electrons. The predicted octanol–water partition coefficient (Wildman–Crippen LogP) is 1.84. The second kappa shape index (κ2) is 8.86. The van der Waals surface area contributed by atoms with Crippen LogP contribution in [0.2, 0.25) is 0 Å². The molecule has 1 unspecified atom stereocenters. The maximum absolute atomic E-state index is 9.02. The highest BCUT2D eigenvalue weighted by atomic mass is 79.9. The minimum Gasteiger partial charge on any atom is -0.395 e. The standard InChI is InChI=1S/C16H26BrN3O/c17-15-4-2-14(3-5-15)16(18)6-9-19-7-1-8-20(11-10-19)12-13-21/h2-5,16,21H,1,6-13,18H2. The molecule has 1 aliphatic heterocycles. The lowest BCUT2D eigenvalue weighted by Gasteiger charge is -2.23. The quantitative estimate of drug-likeness (QED) is 0.817. The van der Waals surface area contributed by atoms with Gasteiger partial charge in [0.05, 0.1) is 6.61 Å². The van der Waals surface area contributed by atoms with E-state index >= 15 is 0 Å². The Morgan fingerprint density at radius 1 is 1.05 bits per heavy atom. The summed E-state index contributed by atoms with van der Waals surface area (Å²) in [4.78, 5) is 4.84. The van der Waals surface area contributed by atoms with Crippen molar-refractivity contribution in [2.24, 2.45) is 5.73 Å². The molecule has 3 N–H and O–H groups in total. The number of aliphatic hydroxyl groups is 1. The first-order valence-electron chi connectivity index (χ1n) is 7.75. The normalized spacial score (nSPS) is 19.4. The highest BCUT2D eigenvalue weighted by Gasteiger charge is 2.15. The van der Waals surface area contributed by atoms with Crippen LogP contribution in [-0.2, 0) is 0 Å². The van der Waals surface area contributed by atoms with Gasteiger partial charge in [0.2, 0.25) is 0 Å². The molecular weight excluding hydrogens is 330 g/mol. The van der Waals surface area contributed by atoms with Crippen LogP contribution in [0, 0.1) is 0 Å². The number of benzene rings is 1. The Labute approximate surface area is 136 Å². The lowest BCUT2D eigenvalue weighted by Crippen LogP contribution is -2.33. The molecule has 5 heteroatoms. The Morgan fingerprint density at radius 2 is 1.67 bits per heavy atom. The molecule has 1 heterocycles. The average Bonchev–Trinajstić information content (AvgIpc) is 2.71. The van der Waals surface area contributed by atoms with Gasteiger partial charge >= 0.3 is 0 Å². The largest absolute Gasteiger partial charge is 0.395 e. The Kier molecular flexibility index (Phi) is 7.13. The molecule has 2 rings (SSSR count). The molecule has 4 nitrogen and oxygen atoms in total. The summed E-state index contributed by atoms with van der Waals surface area (Å²) in [6.45, 7) is 6.46. The summed E-state index contributed by atoms with van der Waals surface area (Å²) in [5.74, 6) is 0. The van der Waals surface area contributed by atoms with E-state index in [1.807, 2.05) is 12.1 Å². The number of nitrogens with two attached hydrogens (primary N) is 1. The molecule has 118 valence electrons. The maximum Gasteiger partial charge on any atom is 0.0558 e. The van der Waals surface area contributed by atoms with Crippen molar-refractivity contribution in [1.82, 2.24) is 9.80 Å². The van der Waals surface area contributed by atoms with Crippen molar-refractivity contribution < 1.29 is 5.11 Å². The van der Waals surface area contributed by atoms with E-state index in [2.05, 4.69) is 37.9 Å². The minimum atomic E-state index is 0.106. The van der Waals surface area contributed by atoms with Gasteiger partial charge in [0.25, 0.3) is 0 Å². The lowest BCUT2D eigenvalue weighted by atomic mass is 10.0. The fraction of sp³-hybridized carbons (Fsp3) is 0.625. The van der Waals surface area contributed by atoms with Crippen molar-refractivity contribution in [3.05, 3.63) is 34.3 Å².